The van der Waals surface area contributed by atoms with Crippen molar-refractivity contribution in [3.05, 3.63) is 88.9 Å². The average Bonchev–Trinajstić information content (AvgIpc) is 3.45. The highest BCUT2D eigenvalue weighted by atomic mass is 35.5. The summed E-state index contributed by atoms with van der Waals surface area (Å²) in [5.41, 5.74) is 5.00. The molecule has 36 heavy (non-hydrogen) atoms. The van der Waals surface area contributed by atoms with Crippen molar-refractivity contribution in [3.63, 3.8) is 0 Å². The molecule has 3 aromatic carbocycles. The molecule has 0 aromatic heterocycles. The highest BCUT2D eigenvalue weighted by Gasteiger charge is 2.26. The van der Waals surface area contributed by atoms with E-state index in [1.165, 1.54) is 57.4 Å². The predicted molar refractivity (Wildman–Crippen MR) is 148 cm³/mol. The summed E-state index contributed by atoms with van der Waals surface area (Å²) in [5.74, 6) is 5.36. The van der Waals surface area contributed by atoms with Gasteiger partial charge in [0.05, 0.1) is 0 Å². The smallest absolute Gasteiger partial charge is 0.300 e. The number of hydrogen-bond donors (Lipinski definition) is 1. The Morgan fingerprint density at radius 1 is 0.833 bits per heavy atom. The number of amides is 1. The third kappa shape index (κ3) is 6.56. The molecule has 184 valence electrons. The van der Waals surface area contributed by atoms with Crippen LogP contribution in [0.2, 0.25) is 5.02 Å². The van der Waals surface area contributed by atoms with Gasteiger partial charge in [-0.3, -0.25) is 9.69 Å². The summed E-state index contributed by atoms with van der Waals surface area (Å²) in [6.07, 6.45) is 5.30. The summed E-state index contributed by atoms with van der Waals surface area (Å²) in [6.45, 7) is 5.91. The number of carbonyl (C=O) groups is 1. The maximum absolute atomic E-state index is 12.3. The van der Waals surface area contributed by atoms with Gasteiger partial charge in [0.25, 0.3) is 0 Å². The molecular weight excluding hydrogens is 466 g/mol. The quantitative estimate of drug-likeness (QED) is 0.435. The fraction of sp³-hybridized carbons (Fsp3) is 0.323. The second kappa shape index (κ2) is 11.8. The Bertz CT molecular complexity index is 1210. The molecule has 2 heterocycles. The van der Waals surface area contributed by atoms with Crippen molar-refractivity contribution in [2.24, 2.45) is 0 Å². The first-order valence-electron chi connectivity index (χ1n) is 12.9. The van der Waals surface area contributed by atoms with Crippen LogP contribution in [0.4, 0.5) is 5.69 Å². The summed E-state index contributed by atoms with van der Waals surface area (Å²) < 4.78 is 0. The maximum Gasteiger partial charge on any atom is 0.300 e. The highest BCUT2D eigenvalue weighted by molar-refractivity contribution is 6.30. The summed E-state index contributed by atoms with van der Waals surface area (Å²) >= 11 is 5.96. The molecule has 0 spiro atoms. The molecule has 1 N–H and O–H groups in total. The third-order valence-electron chi connectivity index (χ3n) is 7.21. The molecule has 0 unspecified atom stereocenters. The predicted octanol–water partition coefficient (Wildman–Crippen LogP) is 6.06. The summed E-state index contributed by atoms with van der Waals surface area (Å²) in [5, 5.41) is 3.56. The molecule has 5 rings (SSSR count). The van der Waals surface area contributed by atoms with Crippen molar-refractivity contribution in [1.29, 1.82) is 0 Å². The minimum atomic E-state index is -0.320. The summed E-state index contributed by atoms with van der Waals surface area (Å²) in [7, 11) is 0. The Hall–Kier alpha value is -3.10. The molecule has 1 amide bonds. The Morgan fingerprint density at radius 2 is 1.44 bits per heavy atom. The van der Waals surface area contributed by atoms with Crippen molar-refractivity contribution < 1.29 is 4.79 Å². The van der Waals surface area contributed by atoms with Crippen LogP contribution in [0.5, 0.6) is 0 Å². The van der Waals surface area contributed by atoms with E-state index in [-0.39, 0.29) is 5.91 Å². The van der Waals surface area contributed by atoms with Gasteiger partial charge in [0.1, 0.15) is 0 Å². The van der Waals surface area contributed by atoms with Gasteiger partial charge in [0, 0.05) is 34.8 Å². The van der Waals surface area contributed by atoms with E-state index in [1.54, 1.807) is 0 Å². The molecule has 5 heteroatoms. The number of hydrogen-bond acceptors (Lipinski definition) is 3. The van der Waals surface area contributed by atoms with Gasteiger partial charge in [0.15, 0.2) is 0 Å². The van der Waals surface area contributed by atoms with Crippen LogP contribution in [0.15, 0.2) is 72.8 Å². The SMILES string of the molecule is O=C(C#Cc1ccc(CN2CCC(N3CCCC3)CC2)cc1)Nc1ccc(-c2ccc(Cl)cc2)cc1. The summed E-state index contributed by atoms with van der Waals surface area (Å²) in [4.78, 5) is 17.6. The molecule has 0 bridgehead atoms. The van der Waals surface area contributed by atoms with Crippen molar-refractivity contribution in [2.45, 2.75) is 38.3 Å². The fourth-order valence-electron chi connectivity index (χ4n) is 5.18. The molecule has 3 aromatic rings. The van der Waals surface area contributed by atoms with Crippen molar-refractivity contribution >= 4 is 23.2 Å². The number of halogens is 1. The Labute approximate surface area is 219 Å². The van der Waals surface area contributed by atoms with Crippen molar-refractivity contribution in [1.82, 2.24) is 9.80 Å². The Morgan fingerprint density at radius 3 is 2.08 bits per heavy atom. The van der Waals surface area contributed by atoms with Crippen LogP contribution in [0.1, 0.15) is 36.8 Å². The number of rotatable bonds is 5. The molecule has 0 radical (unpaired) electrons. The van der Waals surface area contributed by atoms with Crippen LogP contribution < -0.4 is 5.32 Å². The minimum Gasteiger partial charge on any atom is -0.315 e. The van der Waals surface area contributed by atoms with E-state index in [1.807, 2.05) is 60.7 Å². The molecule has 2 aliphatic rings. The van der Waals surface area contributed by atoms with Gasteiger partial charge < -0.3 is 10.2 Å². The maximum atomic E-state index is 12.3. The van der Waals surface area contributed by atoms with E-state index >= 15 is 0 Å². The van der Waals surface area contributed by atoms with E-state index in [9.17, 15) is 4.79 Å². The van der Waals surface area contributed by atoms with Crippen LogP contribution in [-0.4, -0.2) is 47.9 Å². The normalized spacial score (nSPS) is 16.9. The zero-order valence-corrected chi connectivity index (χ0v) is 21.3. The minimum absolute atomic E-state index is 0.320. The summed E-state index contributed by atoms with van der Waals surface area (Å²) in [6, 6.07) is 24.5. The van der Waals surface area contributed by atoms with Crippen LogP contribution in [0.25, 0.3) is 11.1 Å². The van der Waals surface area contributed by atoms with Gasteiger partial charge in [0.2, 0.25) is 0 Å². The van der Waals surface area contributed by atoms with Crippen molar-refractivity contribution in [2.75, 3.05) is 31.5 Å². The number of anilines is 1. The lowest BCUT2D eigenvalue weighted by Crippen LogP contribution is -2.43. The Balaban J connectivity index is 1.09. The van der Waals surface area contributed by atoms with Crippen LogP contribution in [-0.2, 0) is 11.3 Å². The fourth-order valence-corrected chi connectivity index (χ4v) is 5.31. The monoisotopic (exact) mass is 497 g/mol. The van der Waals surface area contributed by atoms with E-state index < -0.39 is 0 Å². The molecule has 2 saturated heterocycles. The molecule has 2 fully saturated rings. The van der Waals surface area contributed by atoms with E-state index in [0.29, 0.717) is 5.02 Å². The third-order valence-corrected chi connectivity index (χ3v) is 7.47. The first kappa shape index (κ1) is 24.6. The highest BCUT2D eigenvalue weighted by Crippen LogP contribution is 2.24. The largest absolute Gasteiger partial charge is 0.315 e. The first-order valence-corrected chi connectivity index (χ1v) is 13.2. The van der Waals surface area contributed by atoms with Gasteiger partial charge in [-0.1, -0.05) is 53.9 Å². The molecule has 2 aliphatic heterocycles. The number of carbonyl (C=O) groups excluding carboxylic acids is 1. The lowest BCUT2D eigenvalue weighted by molar-refractivity contribution is -0.111. The van der Waals surface area contributed by atoms with Gasteiger partial charge in [-0.25, -0.2) is 0 Å². The molecule has 0 saturated carbocycles. The lowest BCUT2D eigenvalue weighted by atomic mass is 10.0. The molecular formula is C31H32ClN3O. The van der Waals surface area contributed by atoms with Gasteiger partial charge >= 0.3 is 5.91 Å². The second-order valence-corrected chi connectivity index (χ2v) is 10.2. The number of nitrogens with zero attached hydrogens (tertiary/aromatic N) is 2. The van der Waals surface area contributed by atoms with Crippen LogP contribution in [0, 0.1) is 11.8 Å². The first-order chi connectivity index (χ1) is 17.6. The number of piperidine rings is 1. The number of nitrogens with one attached hydrogen (secondary N) is 1. The van der Waals surface area contributed by atoms with E-state index in [0.717, 1.165) is 35.0 Å². The topological polar surface area (TPSA) is 35.6 Å². The molecule has 4 nitrogen and oxygen atoms in total. The van der Waals surface area contributed by atoms with Crippen LogP contribution >= 0.6 is 11.6 Å². The van der Waals surface area contributed by atoms with E-state index in [4.69, 9.17) is 11.6 Å². The van der Waals surface area contributed by atoms with Gasteiger partial charge in [-0.2, -0.15) is 0 Å². The van der Waals surface area contributed by atoms with Crippen LogP contribution in [0.3, 0.4) is 0 Å². The van der Waals surface area contributed by atoms with E-state index in [2.05, 4.69) is 39.1 Å². The molecule has 0 aliphatic carbocycles. The number of likely N-dealkylation sites (tertiary alicyclic amines) is 2. The standard InChI is InChI=1S/C31H32ClN3O/c32-28-12-8-26(9-13-28)27-10-14-29(15-11-27)33-31(36)16-7-24-3-5-25(6-4-24)23-34-21-17-30(18-22-34)35-19-1-2-20-35/h3-6,8-15,30H,1-2,17-23H2,(H,33,36). The zero-order valence-electron chi connectivity index (χ0n) is 20.6. The zero-order chi connectivity index (χ0) is 24.7. The van der Waals surface area contributed by atoms with Gasteiger partial charge in [-0.15, -0.1) is 0 Å². The lowest BCUT2D eigenvalue weighted by Gasteiger charge is -2.36. The van der Waals surface area contributed by atoms with Crippen molar-refractivity contribution in [3.8, 4) is 23.0 Å². The van der Waals surface area contributed by atoms with Gasteiger partial charge in [-0.05, 0) is 105 Å². The Kier molecular flexibility index (Phi) is 8.03. The number of benzene rings is 3. The average molecular weight is 498 g/mol. The second-order valence-electron chi connectivity index (χ2n) is 9.74. The molecule has 0 atom stereocenters.